The van der Waals surface area contributed by atoms with Gasteiger partial charge in [-0.15, -0.1) is 0 Å². The van der Waals surface area contributed by atoms with Gasteiger partial charge < -0.3 is 4.74 Å². The first kappa shape index (κ1) is 16.1. The van der Waals surface area contributed by atoms with Gasteiger partial charge in [-0.2, -0.15) is 13.2 Å². The van der Waals surface area contributed by atoms with Crippen LogP contribution >= 0.6 is 35.0 Å². The molecule has 1 nitrogen and oxygen atoms in total. The van der Waals surface area contributed by atoms with Crippen molar-refractivity contribution >= 4 is 35.0 Å². The van der Waals surface area contributed by atoms with Gasteiger partial charge in [0.25, 0.3) is 0 Å². The van der Waals surface area contributed by atoms with Crippen LogP contribution < -0.4 is 4.74 Å². The molecular weight excluding hydrogens is 356 g/mol. The van der Waals surface area contributed by atoms with Crippen LogP contribution in [0.1, 0.15) is 11.1 Å². The van der Waals surface area contributed by atoms with Crippen LogP contribution in [0, 0.1) is 13.8 Å². The van der Waals surface area contributed by atoms with Crippen LogP contribution in [0.4, 0.5) is 13.2 Å². The van der Waals surface area contributed by atoms with E-state index in [1.54, 1.807) is 6.07 Å². The first-order valence-electron chi connectivity index (χ1n) is 6.44. The van der Waals surface area contributed by atoms with Crippen LogP contribution in [0.25, 0.3) is 0 Å². The lowest BCUT2D eigenvalue weighted by Crippen LogP contribution is -2.43. The number of fused-ring (bicyclic) bond motifs is 2. The molecule has 0 saturated heterocycles. The van der Waals surface area contributed by atoms with Gasteiger partial charge in [-0.25, -0.2) is 0 Å². The predicted octanol–water partition coefficient (Wildman–Crippen LogP) is 5.72. The van der Waals surface area contributed by atoms with Gasteiger partial charge in [-0.1, -0.05) is 41.0 Å². The third-order valence-corrected chi connectivity index (χ3v) is 5.93. The van der Waals surface area contributed by atoms with Crippen LogP contribution in [-0.4, -0.2) is 16.5 Å². The zero-order chi connectivity index (χ0) is 16.3. The molecule has 0 aromatic heterocycles. The largest absolute Gasteiger partial charge is 0.480 e. The number of allylic oxidation sites excluding steroid dienone is 2. The van der Waals surface area contributed by atoms with Crippen LogP contribution in [0.5, 0.6) is 5.75 Å². The second kappa shape index (κ2) is 5.11. The van der Waals surface area contributed by atoms with Crippen molar-refractivity contribution in [1.82, 2.24) is 0 Å². The molecule has 1 aromatic carbocycles. The number of halogens is 5. The Kier molecular flexibility index (Phi) is 3.74. The first-order valence-corrected chi connectivity index (χ1v) is 8.01. The van der Waals surface area contributed by atoms with Crippen LogP contribution in [0.15, 0.2) is 39.8 Å². The molecule has 118 valence electrons. The maximum absolute atomic E-state index is 13.0. The number of hydrogen-bond acceptors (Lipinski definition) is 2. The molecule has 0 amide bonds. The fraction of sp³-hybridized carbons (Fsp3) is 0.333. The SMILES string of the molecule is Cc1ccc2c(c1C)SC1(Cl)C=C(C(F)(F)F)C=C(Cl)C1O2. The number of ether oxygens (including phenoxy) is 1. The summed E-state index contributed by atoms with van der Waals surface area (Å²) in [4.78, 5) is 0.746. The Bertz CT molecular complexity index is 711. The lowest BCUT2D eigenvalue weighted by atomic mass is 10.0. The second-order valence-electron chi connectivity index (χ2n) is 5.26. The molecule has 3 rings (SSSR count). The maximum atomic E-state index is 13.0. The molecule has 1 aliphatic carbocycles. The summed E-state index contributed by atoms with van der Waals surface area (Å²) in [5.41, 5.74) is 1.10. The maximum Gasteiger partial charge on any atom is 0.416 e. The molecule has 0 bridgehead atoms. The predicted molar refractivity (Wildman–Crippen MR) is 82.8 cm³/mol. The Morgan fingerprint density at radius 1 is 1.27 bits per heavy atom. The highest BCUT2D eigenvalue weighted by atomic mass is 35.5. The van der Waals surface area contributed by atoms with E-state index in [-0.39, 0.29) is 5.03 Å². The van der Waals surface area contributed by atoms with Crippen molar-refractivity contribution in [3.05, 3.63) is 46.0 Å². The molecule has 1 aromatic rings. The van der Waals surface area contributed by atoms with Gasteiger partial charge in [0.05, 0.1) is 15.5 Å². The zero-order valence-electron chi connectivity index (χ0n) is 11.6. The summed E-state index contributed by atoms with van der Waals surface area (Å²) in [6.07, 6.45) is -3.49. The fourth-order valence-corrected chi connectivity index (χ4v) is 4.67. The van der Waals surface area contributed by atoms with E-state index in [0.717, 1.165) is 39.9 Å². The Hall–Kier alpha value is -0.780. The summed E-state index contributed by atoms with van der Waals surface area (Å²) in [7, 11) is 0. The molecule has 0 fully saturated rings. The van der Waals surface area contributed by atoms with Crippen molar-refractivity contribution in [2.75, 3.05) is 0 Å². The van der Waals surface area contributed by atoms with E-state index < -0.39 is 22.1 Å². The standard InChI is InChI=1S/C15H11Cl2F3OS/c1-7-3-4-11-12(8(7)2)22-14(17)6-9(15(18,19)20)5-10(16)13(14)21-11/h3-6,13H,1-2H3. The van der Waals surface area contributed by atoms with Crippen LogP contribution in [0.2, 0.25) is 0 Å². The van der Waals surface area contributed by atoms with Gasteiger partial charge in [0.15, 0.2) is 10.3 Å². The van der Waals surface area contributed by atoms with E-state index in [0.29, 0.717) is 5.75 Å². The highest BCUT2D eigenvalue weighted by molar-refractivity contribution is 8.02. The van der Waals surface area contributed by atoms with Gasteiger partial charge in [-0.05, 0) is 43.2 Å². The van der Waals surface area contributed by atoms with Crippen molar-refractivity contribution in [1.29, 1.82) is 0 Å². The number of hydrogen-bond donors (Lipinski definition) is 0. The van der Waals surface area contributed by atoms with Gasteiger partial charge in [0.1, 0.15) is 5.75 Å². The Morgan fingerprint density at radius 2 is 1.95 bits per heavy atom. The van der Waals surface area contributed by atoms with Gasteiger partial charge in [-0.3, -0.25) is 0 Å². The molecule has 2 aliphatic rings. The molecule has 1 heterocycles. The van der Waals surface area contributed by atoms with E-state index in [1.807, 2.05) is 19.9 Å². The summed E-state index contributed by atoms with van der Waals surface area (Å²) in [5.74, 6) is 0.588. The third-order valence-electron chi connectivity index (χ3n) is 3.72. The molecule has 0 radical (unpaired) electrons. The summed E-state index contributed by atoms with van der Waals surface area (Å²) >= 11 is 13.6. The summed E-state index contributed by atoms with van der Waals surface area (Å²) in [6, 6.07) is 3.68. The molecule has 2 unspecified atom stereocenters. The molecule has 0 saturated carbocycles. The van der Waals surface area contributed by atoms with Crippen LogP contribution in [0.3, 0.4) is 0 Å². The quantitative estimate of drug-likeness (QED) is 0.543. The average molecular weight is 367 g/mol. The monoisotopic (exact) mass is 366 g/mol. The number of aryl methyl sites for hydroxylation is 1. The number of alkyl halides is 4. The Morgan fingerprint density at radius 3 is 2.59 bits per heavy atom. The second-order valence-corrected chi connectivity index (χ2v) is 7.83. The van der Waals surface area contributed by atoms with Crippen molar-refractivity contribution < 1.29 is 17.9 Å². The molecule has 1 aliphatic heterocycles. The van der Waals surface area contributed by atoms with Crippen molar-refractivity contribution in [2.45, 2.75) is 35.2 Å². The molecule has 0 N–H and O–H groups in total. The van der Waals surface area contributed by atoms with E-state index >= 15 is 0 Å². The van der Waals surface area contributed by atoms with Crippen LogP contribution in [-0.2, 0) is 0 Å². The highest BCUT2D eigenvalue weighted by Crippen LogP contribution is 2.56. The number of thioether (sulfide) groups is 1. The summed E-state index contributed by atoms with van der Waals surface area (Å²) < 4.78 is 43.4. The van der Waals surface area contributed by atoms with E-state index in [2.05, 4.69) is 0 Å². The van der Waals surface area contributed by atoms with Crippen molar-refractivity contribution in [3.63, 3.8) is 0 Å². The van der Waals surface area contributed by atoms with E-state index in [1.165, 1.54) is 0 Å². The zero-order valence-corrected chi connectivity index (χ0v) is 13.9. The normalized spacial score (nSPS) is 27.3. The Balaban J connectivity index is 2.12. The number of benzene rings is 1. The van der Waals surface area contributed by atoms with Crippen molar-refractivity contribution in [2.24, 2.45) is 0 Å². The molecule has 2 atom stereocenters. The smallest absolute Gasteiger partial charge is 0.416 e. The van der Waals surface area contributed by atoms with Gasteiger partial charge in [0.2, 0.25) is 0 Å². The van der Waals surface area contributed by atoms with E-state index in [4.69, 9.17) is 27.9 Å². The topological polar surface area (TPSA) is 9.23 Å². The minimum absolute atomic E-state index is 0.0544. The average Bonchev–Trinajstić information content (AvgIpc) is 2.40. The summed E-state index contributed by atoms with van der Waals surface area (Å²) in [5, 5.41) is -0.0544. The lowest BCUT2D eigenvalue weighted by molar-refractivity contribution is -0.0889. The molecule has 7 heteroatoms. The van der Waals surface area contributed by atoms with Crippen molar-refractivity contribution in [3.8, 4) is 5.75 Å². The number of rotatable bonds is 0. The van der Waals surface area contributed by atoms with Gasteiger partial charge in [0, 0.05) is 0 Å². The molecular formula is C15H11Cl2F3OS. The molecule has 22 heavy (non-hydrogen) atoms. The highest BCUT2D eigenvalue weighted by Gasteiger charge is 2.50. The fourth-order valence-electron chi connectivity index (χ4n) is 2.39. The third kappa shape index (κ3) is 2.53. The van der Waals surface area contributed by atoms with Gasteiger partial charge >= 0.3 is 6.18 Å². The van der Waals surface area contributed by atoms with E-state index in [9.17, 15) is 13.2 Å². The first-order chi connectivity index (χ1) is 10.1. The summed E-state index contributed by atoms with van der Waals surface area (Å²) in [6.45, 7) is 3.81. The Labute approximate surface area is 140 Å². The minimum Gasteiger partial charge on any atom is -0.480 e. The molecule has 0 spiro atoms. The minimum atomic E-state index is -4.50. The lowest BCUT2D eigenvalue weighted by Gasteiger charge is -2.40.